The summed E-state index contributed by atoms with van der Waals surface area (Å²) >= 11 is 5.78. The number of hydrogen-bond acceptors (Lipinski definition) is 3. The Morgan fingerprint density at radius 1 is 1.47 bits per heavy atom. The molecule has 3 N–H and O–H groups in total. The largest absolute Gasteiger partial charge is 0.444 e. The minimum absolute atomic E-state index is 0.0455. The van der Waals surface area contributed by atoms with E-state index in [0.29, 0.717) is 0 Å². The van der Waals surface area contributed by atoms with E-state index in [0.717, 1.165) is 6.07 Å². The van der Waals surface area contributed by atoms with Crippen LogP contribution in [0.5, 0.6) is 0 Å². The molecule has 0 bridgehead atoms. The van der Waals surface area contributed by atoms with Crippen molar-refractivity contribution in [3.05, 3.63) is 23.0 Å². The zero-order valence-electron chi connectivity index (χ0n) is 9.80. The standard InChI is InChI=1S/C11H14ClFN2O2/c1-11(2,3)17-10(16)15-7-5-4-6(13)9(14)8(7)12/h4-5H,14H2,1-3H3,(H,15,16). The molecule has 1 amide bonds. The molecule has 0 heterocycles. The van der Waals surface area contributed by atoms with Gasteiger partial charge >= 0.3 is 6.09 Å². The summed E-state index contributed by atoms with van der Waals surface area (Å²) in [4.78, 5) is 11.4. The highest BCUT2D eigenvalue weighted by atomic mass is 35.5. The molecular formula is C11H14ClFN2O2. The van der Waals surface area contributed by atoms with Gasteiger partial charge in [0.2, 0.25) is 0 Å². The number of carbonyl (C=O) groups excluding carboxylic acids is 1. The van der Waals surface area contributed by atoms with Gasteiger partial charge in [0.1, 0.15) is 11.4 Å². The Balaban J connectivity index is 2.83. The minimum atomic E-state index is -0.676. The predicted molar refractivity (Wildman–Crippen MR) is 65.7 cm³/mol. The van der Waals surface area contributed by atoms with Gasteiger partial charge in [-0.05, 0) is 32.9 Å². The van der Waals surface area contributed by atoms with E-state index in [4.69, 9.17) is 22.1 Å². The number of nitrogen functional groups attached to an aromatic ring is 1. The quantitative estimate of drug-likeness (QED) is 0.761. The third-order valence-electron chi connectivity index (χ3n) is 1.76. The maximum absolute atomic E-state index is 13.0. The third kappa shape index (κ3) is 3.78. The summed E-state index contributed by atoms with van der Waals surface area (Å²) in [5, 5.41) is 2.35. The number of ether oxygens (including phenoxy) is 1. The van der Waals surface area contributed by atoms with Crippen molar-refractivity contribution in [1.29, 1.82) is 0 Å². The van der Waals surface area contributed by atoms with Gasteiger partial charge in [0, 0.05) is 0 Å². The molecule has 1 aromatic carbocycles. The average molecular weight is 261 g/mol. The molecule has 1 rings (SSSR count). The first kappa shape index (κ1) is 13.6. The first-order valence-electron chi connectivity index (χ1n) is 4.94. The van der Waals surface area contributed by atoms with Crippen molar-refractivity contribution in [3.8, 4) is 0 Å². The molecule has 0 aromatic heterocycles. The summed E-state index contributed by atoms with van der Waals surface area (Å²) in [5.41, 5.74) is 4.76. The van der Waals surface area contributed by atoms with Crippen LogP contribution in [0.1, 0.15) is 20.8 Å². The van der Waals surface area contributed by atoms with Gasteiger partial charge < -0.3 is 10.5 Å². The van der Waals surface area contributed by atoms with E-state index in [1.165, 1.54) is 6.07 Å². The number of benzene rings is 1. The topological polar surface area (TPSA) is 64.3 Å². The van der Waals surface area contributed by atoms with Crippen LogP contribution in [0, 0.1) is 5.82 Å². The lowest BCUT2D eigenvalue weighted by Crippen LogP contribution is -2.27. The highest BCUT2D eigenvalue weighted by Crippen LogP contribution is 2.30. The van der Waals surface area contributed by atoms with Crippen LogP contribution in [-0.2, 0) is 4.74 Å². The Morgan fingerprint density at radius 3 is 2.59 bits per heavy atom. The lowest BCUT2D eigenvalue weighted by molar-refractivity contribution is 0.0636. The monoisotopic (exact) mass is 260 g/mol. The van der Waals surface area contributed by atoms with E-state index in [2.05, 4.69) is 5.32 Å². The number of rotatable bonds is 1. The van der Waals surface area contributed by atoms with Crippen molar-refractivity contribution in [2.75, 3.05) is 11.1 Å². The van der Waals surface area contributed by atoms with Crippen molar-refractivity contribution >= 4 is 29.1 Å². The molecule has 0 spiro atoms. The van der Waals surface area contributed by atoms with Crippen LogP contribution in [0.15, 0.2) is 12.1 Å². The summed E-state index contributed by atoms with van der Waals surface area (Å²) in [5.74, 6) is -0.635. The number of nitrogens with two attached hydrogens (primary N) is 1. The van der Waals surface area contributed by atoms with Crippen LogP contribution < -0.4 is 11.1 Å². The van der Waals surface area contributed by atoms with Crippen LogP contribution in [0.4, 0.5) is 20.6 Å². The molecule has 17 heavy (non-hydrogen) atoms. The molecule has 4 nitrogen and oxygen atoms in total. The zero-order valence-corrected chi connectivity index (χ0v) is 10.6. The van der Waals surface area contributed by atoms with Gasteiger partial charge in [-0.2, -0.15) is 0 Å². The first-order chi connectivity index (χ1) is 7.70. The minimum Gasteiger partial charge on any atom is -0.444 e. The second-order valence-electron chi connectivity index (χ2n) is 4.45. The van der Waals surface area contributed by atoms with E-state index < -0.39 is 17.5 Å². The highest BCUT2D eigenvalue weighted by Gasteiger charge is 2.18. The fraction of sp³-hybridized carbons (Fsp3) is 0.364. The number of carbonyl (C=O) groups is 1. The SMILES string of the molecule is CC(C)(C)OC(=O)Nc1ccc(F)c(N)c1Cl. The molecule has 0 atom stereocenters. The summed E-state index contributed by atoms with van der Waals surface area (Å²) in [7, 11) is 0. The van der Waals surface area contributed by atoms with Crippen LogP contribution in [0.2, 0.25) is 5.02 Å². The van der Waals surface area contributed by atoms with Gasteiger partial charge in [-0.25, -0.2) is 9.18 Å². The van der Waals surface area contributed by atoms with Crippen molar-refractivity contribution in [1.82, 2.24) is 0 Å². The van der Waals surface area contributed by atoms with Crippen LogP contribution in [0.25, 0.3) is 0 Å². The maximum Gasteiger partial charge on any atom is 0.412 e. The molecule has 0 unspecified atom stereocenters. The fourth-order valence-corrected chi connectivity index (χ4v) is 1.28. The van der Waals surface area contributed by atoms with Crippen molar-refractivity contribution < 1.29 is 13.9 Å². The van der Waals surface area contributed by atoms with Gasteiger partial charge in [0.25, 0.3) is 0 Å². The number of halogens is 2. The number of nitrogens with one attached hydrogen (secondary N) is 1. The summed E-state index contributed by atoms with van der Waals surface area (Å²) in [6.45, 7) is 5.19. The van der Waals surface area contributed by atoms with Gasteiger partial charge in [-0.15, -0.1) is 0 Å². The Kier molecular flexibility index (Phi) is 3.83. The molecule has 6 heteroatoms. The van der Waals surface area contributed by atoms with Crippen molar-refractivity contribution in [3.63, 3.8) is 0 Å². The number of anilines is 2. The zero-order chi connectivity index (χ0) is 13.2. The molecule has 0 saturated carbocycles. The third-order valence-corrected chi connectivity index (χ3v) is 2.17. The van der Waals surface area contributed by atoms with E-state index in [1.807, 2.05) is 0 Å². The lowest BCUT2D eigenvalue weighted by Gasteiger charge is -2.20. The normalized spacial score (nSPS) is 11.1. The Morgan fingerprint density at radius 2 is 2.06 bits per heavy atom. The van der Waals surface area contributed by atoms with Gasteiger partial charge in [0.05, 0.1) is 16.4 Å². The molecule has 0 aliphatic heterocycles. The highest BCUT2D eigenvalue weighted by molar-refractivity contribution is 6.36. The number of hydrogen-bond donors (Lipinski definition) is 2. The smallest absolute Gasteiger partial charge is 0.412 e. The fourth-order valence-electron chi connectivity index (χ4n) is 1.08. The summed E-state index contributed by atoms with van der Waals surface area (Å²) < 4.78 is 18.0. The molecule has 0 fully saturated rings. The molecule has 0 radical (unpaired) electrons. The van der Waals surface area contributed by atoms with Gasteiger partial charge in [-0.1, -0.05) is 11.6 Å². The second kappa shape index (κ2) is 4.79. The molecule has 0 saturated heterocycles. The summed E-state index contributed by atoms with van der Waals surface area (Å²) in [6, 6.07) is 2.44. The van der Waals surface area contributed by atoms with E-state index in [-0.39, 0.29) is 16.4 Å². The summed E-state index contributed by atoms with van der Waals surface area (Å²) in [6.07, 6.45) is -0.676. The van der Waals surface area contributed by atoms with Gasteiger partial charge in [-0.3, -0.25) is 5.32 Å². The molecular weight excluding hydrogens is 247 g/mol. The Bertz CT molecular complexity index is 444. The molecule has 94 valence electrons. The molecule has 0 aliphatic carbocycles. The van der Waals surface area contributed by atoms with Crippen LogP contribution in [-0.4, -0.2) is 11.7 Å². The molecule has 1 aromatic rings. The molecule has 0 aliphatic rings. The van der Waals surface area contributed by atoms with E-state index in [9.17, 15) is 9.18 Å². The van der Waals surface area contributed by atoms with E-state index in [1.54, 1.807) is 20.8 Å². The van der Waals surface area contributed by atoms with Gasteiger partial charge in [0.15, 0.2) is 0 Å². The Labute approximate surface area is 104 Å². The number of amides is 1. The van der Waals surface area contributed by atoms with E-state index >= 15 is 0 Å². The van der Waals surface area contributed by atoms with Crippen molar-refractivity contribution in [2.24, 2.45) is 0 Å². The second-order valence-corrected chi connectivity index (χ2v) is 4.83. The van der Waals surface area contributed by atoms with Crippen molar-refractivity contribution in [2.45, 2.75) is 26.4 Å². The van der Waals surface area contributed by atoms with Crippen LogP contribution >= 0.6 is 11.6 Å². The first-order valence-corrected chi connectivity index (χ1v) is 5.32. The predicted octanol–water partition coefficient (Wildman–Crippen LogP) is 3.41. The Hall–Kier alpha value is -1.49. The lowest BCUT2D eigenvalue weighted by atomic mass is 10.2. The average Bonchev–Trinajstić information content (AvgIpc) is 2.16. The maximum atomic E-state index is 13.0. The van der Waals surface area contributed by atoms with Crippen LogP contribution in [0.3, 0.4) is 0 Å².